The Kier molecular flexibility index (Phi) is 3.41. The van der Waals surface area contributed by atoms with Crippen LogP contribution in [0.25, 0.3) is 0 Å². The van der Waals surface area contributed by atoms with Crippen molar-refractivity contribution in [3.05, 3.63) is 58.7 Å². The van der Waals surface area contributed by atoms with Gasteiger partial charge in [-0.1, -0.05) is 12.1 Å². The maximum atomic E-state index is 11.8. The molecular formula is C14H12N3O5-. The number of para-hydroxylation sites is 1. The van der Waals surface area contributed by atoms with Crippen LogP contribution in [0.3, 0.4) is 0 Å². The van der Waals surface area contributed by atoms with Crippen LogP contribution in [0.4, 0.5) is 11.4 Å². The molecule has 1 aromatic heterocycles. The quantitative estimate of drug-likeness (QED) is 0.700. The first-order valence-corrected chi connectivity index (χ1v) is 6.45. The van der Waals surface area contributed by atoms with E-state index in [4.69, 9.17) is 4.74 Å². The Morgan fingerprint density at radius 2 is 2.14 bits per heavy atom. The van der Waals surface area contributed by atoms with Crippen molar-refractivity contribution in [2.75, 3.05) is 11.9 Å². The van der Waals surface area contributed by atoms with Crippen LogP contribution in [-0.4, -0.2) is 22.7 Å². The summed E-state index contributed by atoms with van der Waals surface area (Å²) >= 11 is 0. The van der Waals surface area contributed by atoms with Crippen molar-refractivity contribution in [2.45, 2.75) is 5.54 Å². The highest BCUT2D eigenvalue weighted by molar-refractivity contribution is 5.88. The summed E-state index contributed by atoms with van der Waals surface area (Å²) in [6.07, 6.45) is 1.46. The van der Waals surface area contributed by atoms with Crippen LogP contribution in [0.5, 0.6) is 5.75 Å². The van der Waals surface area contributed by atoms with E-state index in [0.717, 1.165) is 0 Å². The van der Waals surface area contributed by atoms with Gasteiger partial charge in [0.05, 0.1) is 5.69 Å². The van der Waals surface area contributed by atoms with Gasteiger partial charge < -0.3 is 30.8 Å². The molecule has 8 heteroatoms. The van der Waals surface area contributed by atoms with Gasteiger partial charge in [0, 0.05) is 12.3 Å². The minimum Gasteiger partial charge on any atom is -0.628 e. The highest BCUT2D eigenvalue weighted by Gasteiger charge is 2.47. The van der Waals surface area contributed by atoms with Gasteiger partial charge in [0.15, 0.2) is 5.69 Å². The fraction of sp³-hybridized carbons (Fsp3) is 0.143. The third kappa shape index (κ3) is 2.15. The van der Waals surface area contributed by atoms with Gasteiger partial charge in [0.25, 0.3) is 0 Å². The number of benzene rings is 1. The van der Waals surface area contributed by atoms with E-state index in [2.05, 4.69) is 10.3 Å². The van der Waals surface area contributed by atoms with Crippen LogP contribution < -0.4 is 15.3 Å². The van der Waals surface area contributed by atoms with E-state index in [0.29, 0.717) is 0 Å². The van der Waals surface area contributed by atoms with Crippen LogP contribution in [0.1, 0.15) is 5.69 Å². The Labute approximate surface area is 125 Å². The Balaban J connectivity index is 2.13. The predicted molar refractivity (Wildman–Crippen MR) is 76.5 cm³/mol. The first-order chi connectivity index (χ1) is 10.5. The molecule has 22 heavy (non-hydrogen) atoms. The molecule has 8 nitrogen and oxygen atoms in total. The van der Waals surface area contributed by atoms with Gasteiger partial charge in [0.1, 0.15) is 18.0 Å². The van der Waals surface area contributed by atoms with Crippen molar-refractivity contribution in [1.82, 2.24) is 4.98 Å². The molecule has 0 saturated carbocycles. The molecule has 0 amide bonds. The van der Waals surface area contributed by atoms with Crippen LogP contribution in [0.15, 0.2) is 42.6 Å². The zero-order chi connectivity index (χ0) is 15.7. The van der Waals surface area contributed by atoms with Gasteiger partial charge in [-0.25, -0.2) is 4.79 Å². The number of hydrogen-bond donors (Lipinski definition) is 3. The number of fused-ring (bicyclic) bond motifs is 1. The standard InChI is InChI=1S/C14H12N3O5/c18-13(19)14(11-6-1-2-7-15-11)8-22-10-5-3-4-9(17(20)21)12(10)16-14/h1-7,16-17H,8H2,(H,18,19)/q-1. The van der Waals surface area contributed by atoms with E-state index in [1.54, 1.807) is 18.2 Å². The van der Waals surface area contributed by atoms with Gasteiger partial charge in [-0.15, -0.1) is 0 Å². The number of pyridine rings is 1. The number of carboxylic acids is 1. The lowest BCUT2D eigenvalue weighted by atomic mass is 9.93. The molecule has 1 atom stereocenters. The van der Waals surface area contributed by atoms with Gasteiger partial charge in [-0.3, -0.25) is 4.98 Å². The topological polar surface area (TPSA) is 122 Å². The SMILES string of the molecule is O=C(O)C1(c2ccccn2)COc2cccc([NH+]([O-])[O-])c2N1. The van der Waals surface area contributed by atoms with Crippen LogP contribution in [-0.2, 0) is 10.3 Å². The Morgan fingerprint density at radius 1 is 1.32 bits per heavy atom. The van der Waals surface area contributed by atoms with E-state index < -0.39 is 16.7 Å². The second kappa shape index (κ2) is 5.26. The molecule has 2 heterocycles. The molecule has 2 aromatic rings. The summed E-state index contributed by atoms with van der Waals surface area (Å²) in [5.74, 6) is -0.959. The monoisotopic (exact) mass is 302 g/mol. The predicted octanol–water partition coefficient (Wildman–Crippen LogP) is 0.378. The Morgan fingerprint density at radius 3 is 2.77 bits per heavy atom. The fourth-order valence-electron chi connectivity index (χ4n) is 2.36. The largest absolute Gasteiger partial charge is 0.628 e. The minimum atomic E-state index is -1.67. The Hall–Kier alpha value is -2.68. The molecular weight excluding hydrogens is 290 g/mol. The second-order valence-electron chi connectivity index (χ2n) is 4.81. The molecule has 0 radical (unpaired) electrons. The molecule has 3 N–H and O–H groups in total. The maximum absolute atomic E-state index is 11.8. The third-order valence-electron chi connectivity index (χ3n) is 3.50. The average Bonchev–Trinajstić information content (AvgIpc) is 2.54. The van der Waals surface area contributed by atoms with Crippen LogP contribution in [0.2, 0.25) is 0 Å². The zero-order valence-corrected chi connectivity index (χ0v) is 11.3. The molecule has 1 aliphatic rings. The van der Waals surface area contributed by atoms with Crippen molar-refractivity contribution in [2.24, 2.45) is 0 Å². The smallest absolute Gasteiger partial charge is 0.339 e. The van der Waals surface area contributed by atoms with Crippen molar-refractivity contribution in [3.63, 3.8) is 0 Å². The number of aromatic nitrogens is 1. The fourth-order valence-corrected chi connectivity index (χ4v) is 2.36. The lowest BCUT2D eigenvalue weighted by Crippen LogP contribution is -2.96. The third-order valence-corrected chi connectivity index (χ3v) is 3.50. The summed E-state index contributed by atoms with van der Waals surface area (Å²) in [4.78, 5) is 15.9. The number of carbonyl (C=O) groups is 1. The number of quaternary nitrogens is 1. The highest BCUT2D eigenvalue weighted by atomic mass is 16.8. The summed E-state index contributed by atoms with van der Waals surface area (Å²) in [5.41, 5.74) is -1.54. The molecule has 1 aliphatic heterocycles. The van der Waals surface area contributed by atoms with Crippen molar-refractivity contribution >= 4 is 17.3 Å². The van der Waals surface area contributed by atoms with Gasteiger partial charge in [-0.2, -0.15) is 0 Å². The second-order valence-corrected chi connectivity index (χ2v) is 4.81. The summed E-state index contributed by atoms with van der Waals surface area (Å²) in [6, 6.07) is 9.22. The van der Waals surface area contributed by atoms with E-state index in [-0.39, 0.29) is 29.4 Å². The molecule has 0 bridgehead atoms. The highest BCUT2D eigenvalue weighted by Crippen LogP contribution is 2.40. The Bertz CT molecular complexity index is 707. The van der Waals surface area contributed by atoms with Crippen LogP contribution in [0, 0.1) is 10.4 Å². The van der Waals surface area contributed by atoms with E-state index >= 15 is 0 Å². The number of rotatable bonds is 3. The van der Waals surface area contributed by atoms with Crippen molar-refractivity contribution < 1.29 is 19.9 Å². The number of hydrogen-bond acceptors (Lipinski definition) is 6. The van der Waals surface area contributed by atoms with Crippen molar-refractivity contribution in [3.8, 4) is 5.75 Å². The molecule has 114 valence electrons. The van der Waals surface area contributed by atoms with E-state index in [1.165, 1.54) is 24.4 Å². The van der Waals surface area contributed by atoms with Gasteiger partial charge >= 0.3 is 5.97 Å². The molecule has 1 unspecified atom stereocenters. The molecule has 3 rings (SSSR count). The lowest BCUT2D eigenvalue weighted by Gasteiger charge is -2.38. The number of ether oxygens (including phenoxy) is 1. The number of anilines is 1. The molecule has 0 aliphatic carbocycles. The number of aliphatic carboxylic acids is 1. The number of nitrogens with zero attached hydrogens (tertiary/aromatic N) is 1. The molecule has 0 spiro atoms. The van der Waals surface area contributed by atoms with E-state index in [1.807, 2.05) is 0 Å². The average molecular weight is 302 g/mol. The summed E-state index contributed by atoms with van der Waals surface area (Å²) < 4.78 is 5.47. The number of carboxylic acid groups (broad SMARTS) is 1. The summed E-state index contributed by atoms with van der Waals surface area (Å²) in [6.45, 7) is -0.219. The zero-order valence-electron chi connectivity index (χ0n) is 11.3. The minimum absolute atomic E-state index is 0.0711. The van der Waals surface area contributed by atoms with Gasteiger partial charge in [0.2, 0.25) is 5.54 Å². The summed E-state index contributed by atoms with van der Waals surface area (Å²) in [5, 5.41) is 33.4. The maximum Gasteiger partial charge on any atom is 0.339 e. The first-order valence-electron chi connectivity index (χ1n) is 6.45. The molecule has 1 aromatic carbocycles. The van der Waals surface area contributed by atoms with Crippen LogP contribution >= 0.6 is 0 Å². The van der Waals surface area contributed by atoms with E-state index in [9.17, 15) is 20.3 Å². The summed E-state index contributed by atoms with van der Waals surface area (Å²) in [7, 11) is 0. The molecule has 0 fully saturated rings. The lowest BCUT2D eigenvalue weighted by molar-refractivity contribution is -0.714. The molecule has 0 saturated heterocycles. The van der Waals surface area contributed by atoms with Crippen molar-refractivity contribution in [1.29, 1.82) is 0 Å². The normalized spacial score (nSPS) is 20.0. The first kappa shape index (κ1) is 14.3. The van der Waals surface area contributed by atoms with Gasteiger partial charge in [-0.05, 0) is 18.2 Å². The number of nitrogens with one attached hydrogen (secondary N) is 2.